The van der Waals surface area contributed by atoms with E-state index in [-0.39, 0.29) is 17.4 Å². The number of H-pyrrole nitrogens is 1. The van der Waals surface area contributed by atoms with Crippen molar-refractivity contribution >= 4 is 28.2 Å². The molecule has 5 rings (SSSR count). The average molecular weight is 475 g/mol. The first kappa shape index (κ1) is 23.0. The summed E-state index contributed by atoms with van der Waals surface area (Å²) in [7, 11) is 1.61. The predicted octanol–water partition coefficient (Wildman–Crippen LogP) is 6.65. The van der Waals surface area contributed by atoms with E-state index in [0.717, 1.165) is 45.5 Å². The van der Waals surface area contributed by atoms with Gasteiger partial charge in [0.05, 0.1) is 5.56 Å². The van der Waals surface area contributed by atoms with Crippen molar-refractivity contribution in [2.75, 3.05) is 18.5 Å². The van der Waals surface area contributed by atoms with Gasteiger partial charge in [-0.05, 0) is 66.3 Å². The van der Waals surface area contributed by atoms with Crippen LogP contribution in [0.25, 0.3) is 22.0 Å². The number of nitrogens with zero attached hydrogens (tertiary/aromatic N) is 2. The highest BCUT2D eigenvalue weighted by atomic mass is 19.3. The zero-order valence-electron chi connectivity index (χ0n) is 20.2. The molecule has 0 spiro atoms. The summed E-state index contributed by atoms with van der Waals surface area (Å²) in [5, 5.41) is 3.53. The Morgan fingerprint density at radius 2 is 1.94 bits per heavy atom. The second-order valence-electron chi connectivity index (χ2n) is 9.35. The van der Waals surface area contributed by atoms with Crippen LogP contribution in [0.15, 0.2) is 48.8 Å². The third kappa shape index (κ3) is 3.95. The molecule has 35 heavy (non-hydrogen) atoms. The fourth-order valence-corrected chi connectivity index (χ4v) is 4.96. The molecule has 2 aromatic heterocycles. The van der Waals surface area contributed by atoms with Gasteiger partial charge in [0.25, 0.3) is 12.3 Å². The van der Waals surface area contributed by atoms with E-state index in [0.29, 0.717) is 23.2 Å². The highest BCUT2D eigenvalue weighted by molar-refractivity contribution is 6.08. The smallest absolute Gasteiger partial charge is 0.264 e. The number of rotatable bonds is 5. The lowest BCUT2D eigenvalue weighted by atomic mass is 9.96. The maximum atomic E-state index is 14.2. The summed E-state index contributed by atoms with van der Waals surface area (Å²) in [6, 6.07) is 11.3. The molecular weight excluding hydrogens is 446 g/mol. The predicted molar refractivity (Wildman–Crippen MR) is 136 cm³/mol. The first-order valence-electron chi connectivity index (χ1n) is 11.8. The van der Waals surface area contributed by atoms with Crippen molar-refractivity contribution < 1.29 is 13.6 Å². The second kappa shape index (κ2) is 8.80. The largest absolute Gasteiger partial charge is 0.360 e. The summed E-state index contributed by atoms with van der Waals surface area (Å²) in [6.07, 6.45) is 1.52. The minimum Gasteiger partial charge on any atom is -0.360 e. The number of aromatic nitrogens is 2. The molecule has 4 aromatic rings. The monoisotopic (exact) mass is 474 g/mol. The normalized spacial score (nSPS) is 13.2. The number of nitrogens with one attached hydrogen (secondary N) is 2. The number of benzene rings is 2. The first-order valence-corrected chi connectivity index (χ1v) is 11.8. The number of aromatic amines is 1. The van der Waals surface area contributed by atoms with Crippen LogP contribution in [0.2, 0.25) is 0 Å². The topological polar surface area (TPSA) is 61.0 Å². The maximum Gasteiger partial charge on any atom is 0.264 e. The van der Waals surface area contributed by atoms with E-state index in [1.165, 1.54) is 0 Å². The number of halogens is 2. The Morgan fingerprint density at radius 3 is 2.60 bits per heavy atom. The molecule has 0 bridgehead atoms. The molecule has 2 N–H and O–H groups in total. The molecule has 0 saturated carbocycles. The van der Waals surface area contributed by atoms with E-state index < -0.39 is 6.43 Å². The molecule has 7 heteroatoms. The van der Waals surface area contributed by atoms with Crippen LogP contribution >= 0.6 is 0 Å². The number of hydrogen-bond acceptors (Lipinski definition) is 3. The molecule has 0 aliphatic carbocycles. The lowest BCUT2D eigenvalue weighted by molar-refractivity contribution is 0.0964. The van der Waals surface area contributed by atoms with Crippen molar-refractivity contribution in [1.82, 2.24) is 15.3 Å². The number of amides is 1. The number of carbonyl (C=O) groups is 1. The van der Waals surface area contributed by atoms with Crippen LogP contribution in [-0.2, 0) is 6.42 Å². The summed E-state index contributed by atoms with van der Waals surface area (Å²) in [5.74, 6) is 0.0463. The first-order chi connectivity index (χ1) is 16.8. The van der Waals surface area contributed by atoms with Crippen LogP contribution in [0, 0.1) is 6.92 Å². The van der Waals surface area contributed by atoms with Crippen LogP contribution in [0.4, 0.5) is 20.2 Å². The highest BCUT2D eigenvalue weighted by Gasteiger charge is 2.27. The van der Waals surface area contributed by atoms with Crippen molar-refractivity contribution in [2.24, 2.45) is 0 Å². The lowest BCUT2D eigenvalue weighted by Gasteiger charge is -2.23. The number of pyridine rings is 1. The molecule has 5 nitrogen and oxygen atoms in total. The van der Waals surface area contributed by atoms with E-state index in [2.05, 4.69) is 40.1 Å². The van der Waals surface area contributed by atoms with Gasteiger partial charge in [-0.1, -0.05) is 19.9 Å². The Kier molecular flexibility index (Phi) is 5.79. The fraction of sp³-hybridized carbons (Fsp3) is 0.286. The Morgan fingerprint density at radius 1 is 1.14 bits per heavy atom. The third-order valence-corrected chi connectivity index (χ3v) is 6.81. The van der Waals surface area contributed by atoms with Gasteiger partial charge in [-0.3, -0.25) is 9.78 Å². The minimum absolute atomic E-state index is 0.000779. The number of hydrogen-bond donors (Lipinski definition) is 2. The van der Waals surface area contributed by atoms with Gasteiger partial charge >= 0.3 is 0 Å². The van der Waals surface area contributed by atoms with Crippen molar-refractivity contribution in [3.8, 4) is 11.1 Å². The van der Waals surface area contributed by atoms with E-state index in [1.807, 2.05) is 31.2 Å². The Balaban J connectivity index is 1.66. The van der Waals surface area contributed by atoms with E-state index in [9.17, 15) is 13.6 Å². The second-order valence-corrected chi connectivity index (χ2v) is 9.35. The summed E-state index contributed by atoms with van der Waals surface area (Å²) < 4.78 is 28.4. The number of aryl methyl sites for hydroxylation is 1. The van der Waals surface area contributed by atoms with Crippen molar-refractivity contribution in [3.63, 3.8) is 0 Å². The van der Waals surface area contributed by atoms with Gasteiger partial charge in [0.1, 0.15) is 0 Å². The molecule has 2 aromatic carbocycles. The van der Waals surface area contributed by atoms with E-state index in [1.54, 1.807) is 25.5 Å². The molecule has 1 aliphatic heterocycles. The molecule has 180 valence electrons. The van der Waals surface area contributed by atoms with Crippen LogP contribution < -0.4 is 10.2 Å². The summed E-state index contributed by atoms with van der Waals surface area (Å²) in [5.41, 5.74) is 7.35. The molecule has 0 unspecified atom stereocenters. The van der Waals surface area contributed by atoms with Gasteiger partial charge in [0, 0.05) is 65.1 Å². The summed E-state index contributed by atoms with van der Waals surface area (Å²) >= 11 is 0. The quantitative estimate of drug-likeness (QED) is 0.340. The maximum absolute atomic E-state index is 14.2. The summed E-state index contributed by atoms with van der Waals surface area (Å²) in [6.45, 7) is 6.76. The third-order valence-electron chi connectivity index (χ3n) is 6.81. The minimum atomic E-state index is -2.61. The zero-order valence-corrected chi connectivity index (χ0v) is 20.2. The van der Waals surface area contributed by atoms with Gasteiger partial charge in [-0.2, -0.15) is 0 Å². The molecule has 1 aliphatic rings. The van der Waals surface area contributed by atoms with Gasteiger partial charge in [0.2, 0.25) is 0 Å². The molecule has 0 atom stereocenters. The molecular formula is C28H28F2N4O. The Bertz CT molecular complexity index is 1420. The van der Waals surface area contributed by atoms with E-state index in [4.69, 9.17) is 0 Å². The van der Waals surface area contributed by atoms with Crippen molar-refractivity contribution in [3.05, 3.63) is 76.7 Å². The van der Waals surface area contributed by atoms with Gasteiger partial charge < -0.3 is 15.2 Å². The van der Waals surface area contributed by atoms with Crippen LogP contribution in [-0.4, -0.2) is 29.5 Å². The number of alkyl halides is 2. The molecule has 0 saturated heterocycles. The Labute approximate surface area is 203 Å². The van der Waals surface area contributed by atoms with Crippen LogP contribution in [0.1, 0.15) is 58.9 Å². The molecule has 0 fully saturated rings. The SMILES string of the molecule is CNC(=O)c1c[nH]c2c(C(C)C)cc(N3CCc4cc(-c5ccc(C)nc5)c(C(F)F)cc43)cc12. The standard InChI is InChI=1S/C28H28F2N4O/c1-15(2)20-10-19(11-22-24(28(35)31-4)14-33-26(20)22)34-8-7-17-9-21(18-6-5-16(3)32-13-18)23(27(29)30)12-25(17)34/h5-6,9-15,27,33H,7-8H2,1-4H3,(H,31,35). The van der Waals surface area contributed by atoms with Crippen molar-refractivity contribution in [2.45, 2.75) is 39.5 Å². The number of fused-ring (bicyclic) bond motifs is 2. The van der Waals surface area contributed by atoms with Crippen LogP contribution in [0.3, 0.4) is 0 Å². The van der Waals surface area contributed by atoms with E-state index >= 15 is 0 Å². The van der Waals surface area contributed by atoms with Crippen molar-refractivity contribution in [1.29, 1.82) is 0 Å². The molecule has 1 amide bonds. The van der Waals surface area contributed by atoms with Crippen LogP contribution in [0.5, 0.6) is 0 Å². The highest BCUT2D eigenvalue weighted by Crippen LogP contribution is 2.43. The Hall–Kier alpha value is -3.74. The van der Waals surface area contributed by atoms with Gasteiger partial charge in [-0.15, -0.1) is 0 Å². The van der Waals surface area contributed by atoms with Gasteiger partial charge in [0.15, 0.2) is 0 Å². The molecule has 0 radical (unpaired) electrons. The lowest BCUT2D eigenvalue weighted by Crippen LogP contribution is -2.17. The van der Waals surface area contributed by atoms with Gasteiger partial charge in [-0.25, -0.2) is 8.78 Å². The number of anilines is 2. The average Bonchev–Trinajstić information content (AvgIpc) is 3.46. The number of carbonyl (C=O) groups excluding carboxylic acids is 1. The zero-order chi connectivity index (χ0) is 24.9. The summed E-state index contributed by atoms with van der Waals surface area (Å²) in [4.78, 5) is 22.1. The fourth-order valence-electron chi connectivity index (χ4n) is 4.96. The molecule has 3 heterocycles.